The summed E-state index contributed by atoms with van der Waals surface area (Å²) in [5, 5.41) is 3.20. The van der Waals surface area contributed by atoms with Gasteiger partial charge in [0, 0.05) is 80.0 Å². The minimum absolute atomic E-state index is 0.344. The maximum absolute atomic E-state index is 4.86. The molecule has 0 spiro atoms. The van der Waals surface area contributed by atoms with E-state index in [2.05, 4.69) is 201 Å². The first kappa shape index (κ1) is 48.9. The lowest BCUT2D eigenvalue weighted by Crippen LogP contribution is -2.74. The molecule has 0 amide bonds. The third kappa shape index (κ3) is 9.07. The molecule has 2 nitrogen and oxygen atoms in total. The quantitative estimate of drug-likeness (QED) is 0.136. The molecule has 0 bridgehead atoms. The summed E-state index contributed by atoms with van der Waals surface area (Å²) in [6.45, 7) is 72.0. The van der Waals surface area contributed by atoms with Gasteiger partial charge >= 0.3 is 0 Å². The molecule has 0 saturated heterocycles. The number of halogens is 1. The van der Waals surface area contributed by atoms with E-state index in [0.717, 1.165) is 0 Å². The average Bonchev–Trinajstić information content (AvgIpc) is 3.08. The van der Waals surface area contributed by atoms with Gasteiger partial charge in [-0.05, 0) is 78.0 Å². The van der Waals surface area contributed by atoms with Gasteiger partial charge < -0.3 is 9.80 Å². The molecular formula is C41H88BrN2Si8. The molecule has 11 heteroatoms. The smallest absolute Gasteiger partial charge is 0.220 e. The van der Waals surface area contributed by atoms with E-state index >= 15 is 0 Å². The van der Waals surface area contributed by atoms with Gasteiger partial charge in [-0.2, -0.15) is 0 Å². The molecule has 1 heterocycles. The molecule has 1 aromatic rings. The van der Waals surface area contributed by atoms with Crippen molar-refractivity contribution in [3.63, 3.8) is 0 Å². The molecular weight excluding hydrogens is 825 g/mol. The monoisotopic (exact) mass is 911 g/mol. The van der Waals surface area contributed by atoms with E-state index in [1.165, 1.54) is 11.4 Å². The van der Waals surface area contributed by atoms with E-state index in [0.29, 0.717) is 32.5 Å². The Kier molecular flexibility index (Phi) is 14.6. The van der Waals surface area contributed by atoms with Crippen LogP contribution in [-0.4, -0.2) is 91.6 Å². The van der Waals surface area contributed by atoms with E-state index in [4.69, 9.17) is 15.3 Å². The highest BCUT2D eigenvalue weighted by Gasteiger charge is 2.61. The molecule has 1 aliphatic rings. The maximum Gasteiger partial charge on any atom is 0.220 e. The van der Waals surface area contributed by atoms with Crippen molar-refractivity contribution < 1.29 is 0 Å². The standard InChI is InChI=1S/C41H88BrN2Si8/c1-30(2)43-32(5)33(6)44(31(3)4)40(43)45(42)37-35(38(46(7,8)9)47(10,11)12)28-34(29-36(37)39(48(13,14)15)49(16,17)18)41(50(19,20)21,51(22,23)24)52(25,26)27/h28-31,38-40H,1-27H3. The van der Waals surface area contributed by atoms with E-state index < -0.39 is 63.9 Å². The Balaban J connectivity index is 3.65. The molecule has 1 radical (unpaired) electrons. The predicted molar refractivity (Wildman–Crippen MR) is 267 cm³/mol. The Bertz CT molecular complexity index is 1310. The molecule has 0 aliphatic carbocycles. The minimum Gasteiger partial charge on any atom is -0.353 e. The summed E-state index contributed by atoms with van der Waals surface area (Å²) in [4.78, 5) is 5.65. The Morgan fingerprint density at radius 2 is 0.769 bits per heavy atom. The third-order valence-electron chi connectivity index (χ3n) is 12.5. The summed E-state index contributed by atoms with van der Waals surface area (Å²) < 4.78 is 0.344. The van der Waals surface area contributed by atoms with Crippen LogP contribution in [0.4, 0.5) is 0 Å². The fourth-order valence-electron chi connectivity index (χ4n) is 13.4. The van der Waals surface area contributed by atoms with Gasteiger partial charge in [0.1, 0.15) is 5.79 Å². The van der Waals surface area contributed by atoms with Crippen LogP contribution in [0.2, 0.25) is 137 Å². The van der Waals surface area contributed by atoms with Gasteiger partial charge in [-0.25, -0.2) is 0 Å². The second-order valence-electron chi connectivity index (χ2n) is 24.8. The second-order valence-corrected chi connectivity index (χ2v) is 68.7. The van der Waals surface area contributed by atoms with Crippen molar-refractivity contribution in [1.82, 2.24) is 9.80 Å². The number of benzene rings is 1. The van der Waals surface area contributed by atoms with Gasteiger partial charge in [0.25, 0.3) is 0 Å². The van der Waals surface area contributed by atoms with Crippen LogP contribution in [0.5, 0.6) is 0 Å². The molecule has 1 aromatic carbocycles. The predicted octanol–water partition coefficient (Wildman–Crippen LogP) is 13.4. The lowest BCUT2D eigenvalue weighted by atomic mass is 10.1. The molecule has 0 fully saturated rings. The summed E-state index contributed by atoms with van der Waals surface area (Å²) in [6.07, 6.45) is 0. The highest BCUT2D eigenvalue weighted by atomic mass is 79.9. The third-order valence-corrected chi connectivity index (χ3v) is 56.7. The molecule has 0 atom stereocenters. The molecule has 1 aliphatic heterocycles. The first-order chi connectivity index (χ1) is 22.7. The van der Waals surface area contributed by atoms with Crippen LogP contribution < -0.4 is 5.19 Å². The van der Waals surface area contributed by atoms with Gasteiger partial charge in [0.2, 0.25) is 7.42 Å². The maximum atomic E-state index is 4.86. The van der Waals surface area contributed by atoms with Crippen molar-refractivity contribution >= 4 is 84.4 Å². The van der Waals surface area contributed by atoms with Gasteiger partial charge in [-0.15, -0.1) is 15.3 Å². The number of hydrogen-bond donors (Lipinski definition) is 0. The number of rotatable bonds is 14. The molecule has 0 saturated carbocycles. The normalized spacial score (nSPS) is 17.1. The van der Waals surface area contributed by atoms with Crippen molar-refractivity contribution in [1.29, 1.82) is 0 Å². The first-order valence-electron chi connectivity index (χ1n) is 20.7. The highest BCUT2D eigenvalue weighted by molar-refractivity contribution is 9.25. The Morgan fingerprint density at radius 3 is 0.962 bits per heavy atom. The lowest BCUT2D eigenvalue weighted by Gasteiger charge is -2.60. The van der Waals surface area contributed by atoms with Crippen molar-refractivity contribution in [3.05, 3.63) is 40.2 Å². The number of allylic oxidation sites excluding steroid dienone is 2. The largest absolute Gasteiger partial charge is 0.353 e. The van der Waals surface area contributed by atoms with Crippen LogP contribution in [0.25, 0.3) is 0 Å². The second kappa shape index (κ2) is 15.5. The zero-order valence-corrected chi connectivity index (χ0v) is 49.4. The molecule has 0 N–H and O–H groups in total. The van der Waals surface area contributed by atoms with Crippen molar-refractivity contribution in [3.8, 4) is 0 Å². The number of nitrogens with zero attached hydrogens (tertiary/aromatic N) is 2. The fourth-order valence-corrected chi connectivity index (χ4v) is 74.8. The van der Waals surface area contributed by atoms with E-state index in [-0.39, 0.29) is 0 Å². The van der Waals surface area contributed by atoms with Crippen LogP contribution in [0.15, 0.2) is 23.5 Å². The van der Waals surface area contributed by atoms with Crippen LogP contribution in [-0.2, 0) is 4.28 Å². The van der Waals surface area contributed by atoms with E-state index in [1.807, 2.05) is 21.9 Å². The Morgan fingerprint density at radius 1 is 0.519 bits per heavy atom. The molecule has 2 rings (SSSR count). The summed E-state index contributed by atoms with van der Waals surface area (Å²) in [7, 11) is -13.2. The molecule has 0 unspecified atom stereocenters. The summed E-state index contributed by atoms with van der Waals surface area (Å²) in [6, 6.07) is 6.88. The van der Waals surface area contributed by atoms with Gasteiger partial charge in [0.15, 0.2) is 0 Å². The summed E-state index contributed by atoms with van der Waals surface area (Å²) in [5.74, 6) is 0.344. The van der Waals surface area contributed by atoms with Gasteiger partial charge in [-0.3, -0.25) is 0 Å². The Labute approximate surface area is 343 Å². The van der Waals surface area contributed by atoms with Crippen molar-refractivity contribution in [2.45, 2.75) is 212 Å². The van der Waals surface area contributed by atoms with Crippen LogP contribution in [0.1, 0.15) is 68.6 Å². The van der Waals surface area contributed by atoms with E-state index in [1.54, 1.807) is 0 Å². The zero-order chi connectivity index (χ0) is 41.5. The van der Waals surface area contributed by atoms with E-state index in [9.17, 15) is 0 Å². The van der Waals surface area contributed by atoms with Crippen molar-refractivity contribution in [2.75, 3.05) is 0 Å². The summed E-state index contributed by atoms with van der Waals surface area (Å²) >= 11 is 4.86. The average molecular weight is 914 g/mol. The highest BCUT2D eigenvalue weighted by Crippen LogP contribution is 2.52. The molecule has 0 aromatic heterocycles. The molecule has 52 heavy (non-hydrogen) atoms. The van der Waals surface area contributed by atoms with Crippen LogP contribution >= 0.6 is 15.3 Å². The zero-order valence-electron chi connectivity index (χ0n) is 39.8. The molecule has 301 valence electrons. The number of hydrogen-bond acceptors (Lipinski definition) is 2. The topological polar surface area (TPSA) is 6.48 Å². The SMILES string of the molecule is CC1=C(C)N(C(C)C)C([Si](Br)c2c(C([Si](C)(C)C)[Si](C)(C)C)cc(C([Si](C)(C)C)([Si](C)(C)C)[Si](C)(C)C)cc2C([Si](C)(C)C)[Si](C)(C)C)N1C(C)C. The van der Waals surface area contributed by atoms with Crippen molar-refractivity contribution in [2.24, 2.45) is 0 Å². The van der Waals surface area contributed by atoms with Crippen LogP contribution in [0, 0.1) is 0 Å². The lowest BCUT2D eigenvalue weighted by molar-refractivity contribution is 0.151. The fraction of sp³-hybridized carbons (Fsp3) is 0.805. The van der Waals surface area contributed by atoms with Crippen LogP contribution in [0.3, 0.4) is 0 Å². The van der Waals surface area contributed by atoms with Gasteiger partial charge in [-0.1, -0.05) is 150 Å². The minimum atomic E-state index is -1.75. The van der Waals surface area contributed by atoms with Gasteiger partial charge in [0.05, 0.1) is 0 Å². The Hall–Kier alpha value is 0.775. The summed E-state index contributed by atoms with van der Waals surface area (Å²) in [5.41, 5.74) is 8.41. The first-order valence-corrected chi connectivity index (χ1v) is 49.3.